The fourth-order valence-electron chi connectivity index (χ4n) is 2.95. The van der Waals surface area contributed by atoms with Crippen LogP contribution in [0.5, 0.6) is 0 Å². The Morgan fingerprint density at radius 1 is 1.33 bits per heavy atom. The second kappa shape index (κ2) is 7.31. The first-order chi connectivity index (χ1) is 13.1. The standard InChI is InChI=1S/C16H15ClFN6O3/c17-16-22-13(20-5-8-1-3-19-4-2-8)11-14(23-16)24(7-21-11)15-10(18)12(26)9(6-25)27-15/h1-4,7,9-10,12,15,26H,5-6H2,(H,20,22,23)/t9-,10+,12-,15-/m1/s1. The number of ether oxygens (including phenoxy) is 1. The van der Waals surface area contributed by atoms with Crippen LogP contribution in [0.25, 0.3) is 11.2 Å². The van der Waals surface area contributed by atoms with E-state index in [1.54, 1.807) is 12.4 Å². The predicted octanol–water partition coefficient (Wildman–Crippen LogP) is 1.51. The Bertz CT molecular complexity index is 943. The Kier molecular flexibility index (Phi) is 4.87. The highest BCUT2D eigenvalue weighted by atomic mass is 35.5. The van der Waals surface area contributed by atoms with Crippen LogP contribution in [0.3, 0.4) is 0 Å². The molecule has 0 bridgehead atoms. The van der Waals surface area contributed by atoms with Crippen molar-refractivity contribution < 1.29 is 19.3 Å². The molecule has 3 aromatic heterocycles. The van der Waals surface area contributed by atoms with Gasteiger partial charge in [0.05, 0.1) is 6.33 Å². The van der Waals surface area contributed by atoms with E-state index in [9.17, 15) is 14.6 Å². The summed E-state index contributed by atoms with van der Waals surface area (Å²) < 4.78 is 21.1. The SMILES string of the molecule is [O]C[C@H]1O[C@@H](n2cnc3c(NCc4ccncc4)nc(Cl)nc32)[C@@H](F)[C@@H]1O. The number of alkyl halides is 1. The van der Waals surface area contributed by atoms with Crippen LogP contribution in [0, 0.1) is 0 Å². The number of pyridine rings is 1. The predicted molar refractivity (Wildman–Crippen MR) is 92.3 cm³/mol. The summed E-state index contributed by atoms with van der Waals surface area (Å²) in [6.07, 6.45) is -0.984. The summed E-state index contributed by atoms with van der Waals surface area (Å²) in [4.78, 5) is 16.4. The minimum absolute atomic E-state index is 0.0594. The quantitative estimate of drug-likeness (QED) is 0.631. The van der Waals surface area contributed by atoms with Gasteiger partial charge in [0.1, 0.15) is 18.8 Å². The van der Waals surface area contributed by atoms with E-state index in [2.05, 4.69) is 25.3 Å². The third-order valence-corrected chi connectivity index (χ3v) is 4.50. The van der Waals surface area contributed by atoms with Crippen molar-refractivity contribution in [1.29, 1.82) is 0 Å². The second-order valence-corrected chi connectivity index (χ2v) is 6.38. The maximum Gasteiger partial charge on any atom is 0.226 e. The number of imidazole rings is 1. The van der Waals surface area contributed by atoms with Crippen molar-refractivity contribution in [2.45, 2.75) is 31.2 Å². The smallest absolute Gasteiger partial charge is 0.226 e. The number of anilines is 1. The minimum atomic E-state index is -1.79. The fraction of sp³-hybridized carbons (Fsp3) is 0.375. The molecule has 4 atom stereocenters. The lowest BCUT2D eigenvalue weighted by Gasteiger charge is -2.15. The van der Waals surface area contributed by atoms with Crippen LogP contribution in [0.15, 0.2) is 30.9 Å². The summed E-state index contributed by atoms with van der Waals surface area (Å²) in [5.41, 5.74) is 1.57. The summed E-state index contributed by atoms with van der Waals surface area (Å²) in [6, 6.07) is 3.69. The third kappa shape index (κ3) is 3.32. The normalized spacial score (nSPS) is 25.2. The molecule has 1 aliphatic heterocycles. The molecule has 3 aromatic rings. The summed E-state index contributed by atoms with van der Waals surface area (Å²) in [5.74, 6) is 0.370. The summed E-state index contributed by atoms with van der Waals surface area (Å²) in [6.45, 7) is -0.306. The average Bonchev–Trinajstić information content (AvgIpc) is 3.22. The van der Waals surface area contributed by atoms with E-state index in [0.29, 0.717) is 17.9 Å². The van der Waals surface area contributed by atoms with Gasteiger partial charge >= 0.3 is 0 Å². The number of halogens is 2. The Balaban J connectivity index is 1.66. The van der Waals surface area contributed by atoms with Gasteiger partial charge in [-0.05, 0) is 29.3 Å². The monoisotopic (exact) mass is 393 g/mol. The van der Waals surface area contributed by atoms with E-state index in [1.165, 1.54) is 10.9 Å². The highest BCUT2D eigenvalue weighted by Gasteiger charge is 2.45. The molecule has 0 unspecified atom stereocenters. The summed E-state index contributed by atoms with van der Waals surface area (Å²) >= 11 is 6.01. The zero-order chi connectivity index (χ0) is 19.0. The molecule has 1 radical (unpaired) electrons. The van der Waals surface area contributed by atoms with Gasteiger partial charge in [0.15, 0.2) is 29.4 Å². The van der Waals surface area contributed by atoms with Crippen LogP contribution in [0.1, 0.15) is 11.8 Å². The first-order valence-electron chi connectivity index (χ1n) is 8.17. The van der Waals surface area contributed by atoms with E-state index in [-0.39, 0.29) is 10.9 Å². The molecule has 11 heteroatoms. The maximum absolute atomic E-state index is 14.4. The zero-order valence-electron chi connectivity index (χ0n) is 13.9. The molecule has 1 fully saturated rings. The Morgan fingerprint density at radius 3 is 2.81 bits per heavy atom. The lowest BCUT2D eigenvalue weighted by Crippen LogP contribution is -2.30. The van der Waals surface area contributed by atoms with Gasteiger partial charge in [-0.3, -0.25) is 9.55 Å². The molecule has 0 aliphatic carbocycles. The fourth-order valence-corrected chi connectivity index (χ4v) is 3.12. The second-order valence-electron chi connectivity index (χ2n) is 6.04. The molecule has 0 aromatic carbocycles. The molecule has 9 nitrogen and oxygen atoms in total. The zero-order valence-corrected chi connectivity index (χ0v) is 14.6. The Morgan fingerprint density at radius 2 is 2.11 bits per heavy atom. The van der Waals surface area contributed by atoms with Gasteiger partial charge in [0.2, 0.25) is 5.28 Å². The first-order valence-corrected chi connectivity index (χ1v) is 8.55. The van der Waals surface area contributed by atoms with Crippen LogP contribution in [0.2, 0.25) is 5.28 Å². The number of hydrogen-bond acceptors (Lipinski definition) is 7. The van der Waals surface area contributed by atoms with Gasteiger partial charge in [-0.25, -0.2) is 14.5 Å². The van der Waals surface area contributed by atoms with Crippen LogP contribution in [0.4, 0.5) is 10.2 Å². The number of nitrogens with zero attached hydrogens (tertiary/aromatic N) is 5. The van der Waals surface area contributed by atoms with E-state index in [0.717, 1.165) is 5.56 Å². The highest BCUT2D eigenvalue weighted by Crippen LogP contribution is 2.34. The molecule has 1 saturated heterocycles. The molecular formula is C16H15ClFN6O3. The van der Waals surface area contributed by atoms with Crippen LogP contribution in [-0.2, 0) is 16.4 Å². The molecule has 0 saturated carbocycles. The molecule has 0 amide bonds. The number of nitrogens with one attached hydrogen (secondary N) is 1. The van der Waals surface area contributed by atoms with Crippen molar-refractivity contribution in [1.82, 2.24) is 24.5 Å². The Labute approximate surface area is 157 Å². The molecule has 4 heterocycles. The first kappa shape index (κ1) is 18.0. The van der Waals surface area contributed by atoms with Crippen molar-refractivity contribution in [3.05, 3.63) is 41.7 Å². The summed E-state index contributed by atoms with van der Waals surface area (Å²) in [5, 5.41) is 23.9. The molecule has 1 aliphatic rings. The van der Waals surface area contributed by atoms with Gasteiger partial charge in [-0.1, -0.05) is 0 Å². The van der Waals surface area contributed by atoms with Gasteiger partial charge in [0, 0.05) is 18.9 Å². The molecule has 141 valence electrons. The van der Waals surface area contributed by atoms with Crippen LogP contribution < -0.4 is 5.32 Å². The largest absolute Gasteiger partial charge is 0.387 e. The van der Waals surface area contributed by atoms with Crippen molar-refractivity contribution in [3.63, 3.8) is 0 Å². The lowest BCUT2D eigenvalue weighted by molar-refractivity contribution is -0.0593. The highest BCUT2D eigenvalue weighted by molar-refractivity contribution is 6.28. The van der Waals surface area contributed by atoms with E-state index in [4.69, 9.17) is 16.3 Å². The number of fused-ring (bicyclic) bond motifs is 1. The molecule has 4 rings (SSSR count). The van der Waals surface area contributed by atoms with Crippen molar-refractivity contribution in [3.8, 4) is 0 Å². The number of hydrogen-bond donors (Lipinski definition) is 2. The lowest BCUT2D eigenvalue weighted by atomic mass is 10.1. The van der Waals surface area contributed by atoms with Crippen LogP contribution in [-0.4, -0.2) is 54.6 Å². The van der Waals surface area contributed by atoms with Crippen molar-refractivity contribution >= 4 is 28.6 Å². The summed E-state index contributed by atoms with van der Waals surface area (Å²) in [7, 11) is 0. The van der Waals surface area contributed by atoms with Crippen LogP contribution >= 0.6 is 11.6 Å². The number of aromatic nitrogens is 5. The molecule has 2 N–H and O–H groups in total. The Hall–Kier alpha value is -2.40. The number of rotatable bonds is 5. The van der Waals surface area contributed by atoms with Gasteiger partial charge < -0.3 is 15.2 Å². The van der Waals surface area contributed by atoms with Gasteiger partial charge in [-0.2, -0.15) is 9.97 Å². The van der Waals surface area contributed by atoms with E-state index in [1.807, 2.05) is 12.1 Å². The average molecular weight is 394 g/mol. The molecule has 0 spiro atoms. The number of aliphatic hydroxyl groups excluding tert-OH is 1. The molecular weight excluding hydrogens is 379 g/mol. The third-order valence-electron chi connectivity index (χ3n) is 4.34. The van der Waals surface area contributed by atoms with Crippen molar-refractivity contribution in [2.24, 2.45) is 0 Å². The van der Waals surface area contributed by atoms with Crippen molar-refractivity contribution in [2.75, 3.05) is 11.9 Å². The van der Waals surface area contributed by atoms with Gasteiger partial charge in [0.25, 0.3) is 0 Å². The maximum atomic E-state index is 14.4. The minimum Gasteiger partial charge on any atom is -0.387 e. The van der Waals surface area contributed by atoms with Gasteiger partial charge in [-0.15, -0.1) is 0 Å². The molecule has 27 heavy (non-hydrogen) atoms. The number of aliphatic hydroxyl groups is 1. The van der Waals surface area contributed by atoms with E-state index >= 15 is 0 Å². The van der Waals surface area contributed by atoms with E-state index < -0.39 is 31.2 Å². The topological polar surface area (TPSA) is 118 Å².